The lowest BCUT2D eigenvalue weighted by Gasteiger charge is -2.30. The van der Waals surface area contributed by atoms with E-state index in [2.05, 4.69) is 25.6 Å². The van der Waals surface area contributed by atoms with E-state index in [1.165, 1.54) is 0 Å². The number of aryl methyl sites for hydroxylation is 2. The van der Waals surface area contributed by atoms with E-state index >= 15 is 0 Å². The lowest BCUT2D eigenvalue weighted by Crippen LogP contribution is -2.42. The van der Waals surface area contributed by atoms with Crippen molar-refractivity contribution >= 4 is 11.7 Å². The van der Waals surface area contributed by atoms with Crippen molar-refractivity contribution in [3.05, 3.63) is 36.4 Å². The van der Waals surface area contributed by atoms with Crippen LogP contribution in [0.5, 0.6) is 0 Å². The van der Waals surface area contributed by atoms with Gasteiger partial charge in [0.2, 0.25) is 0 Å². The quantitative estimate of drug-likeness (QED) is 0.892. The Balaban J connectivity index is 1.54. The monoisotopic (exact) mass is 330 g/mol. The molecular formula is C16H22N6O2. The third-order valence-corrected chi connectivity index (χ3v) is 4.08. The summed E-state index contributed by atoms with van der Waals surface area (Å²) in [6.07, 6.45) is 9.02. The van der Waals surface area contributed by atoms with Gasteiger partial charge >= 0.3 is 6.03 Å². The maximum Gasteiger partial charge on any atom is 0.319 e. The molecule has 0 radical (unpaired) electrons. The van der Waals surface area contributed by atoms with E-state index in [-0.39, 0.29) is 18.2 Å². The average molecular weight is 330 g/mol. The molecule has 1 saturated heterocycles. The molecule has 2 unspecified atom stereocenters. The SMILES string of the molecule is CCc1ncc(NC(=O)NC2CCOC(c3cncn3C)C2)cn1. The topological polar surface area (TPSA) is 94.0 Å². The summed E-state index contributed by atoms with van der Waals surface area (Å²) in [7, 11) is 1.94. The van der Waals surface area contributed by atoms with Gasteiger partial charge in [0, 0.05) is 26.1 Å². The zero-order chi connectivity index (χ0) is 16.9. The van der Waals surface area contributed by atoms with Gasteiger partial charge < -0.3 is 19.9 Å². The molecule has 2 N–H and O–H groups in total. The van der Waals surface area contributed by atoms with E-state index in [1.54, 1.807) is 24.9 Å². The molecule has 0 aliphatic carbocycles. The molecule has 2 amide bonds. The molecule has 0 spiro atoms. The molecule has 1 aliphatic heterocycles. The molecular weight excluding hydrogens is 308 g/mol. The van der Waals surface area contributed by atoms with Crippen LogP contribution < -0.4 is 10.6 Å². The van der Waals surface area contributed by atoms with Gasteiger partial charge in [-0.2, -0.15) is 0 Å². The summed E-state index contributed by atoms with van der Waals surface area (Å²) in [4.78, 5) is 24.6. The predicted molar refractivity (Wildman–Crippen MR) is 88.5 cm³/mol. The van der Waals surface area contributed by atoms with Gasteiger partial charge in [-0.15, -0.1) is 0 Å². The summed E-state index contributed by atoms with van der Waals surface area (Å²) in [5.74, 6) is 0.754. The fourth-order valence-electron chi connectivity index (χ4n) is 2.77. The van der Waals surface area contributed by atoms with Crippen LogP contribution >= 0.6 is 0 Å². The molecule has 1 fully saturated rings. The van der Waals surface area contributed by atoms with Gasteiger partial charge in [-0.05, 0) is 12.8 Å². The zero-order valence-corrected chi connectivity index (χ0v) is 13.9. The Morgan fingerprint density at radius 1 is 1.38 bits per heavy atom. The highest BCUT2D eigenvalue weighted by molar-refractivity contribution is 5.89. The number of carbonyl (C=O) groups excluding carboxylic acids is 1. The van der Waals surface area contributed by atoms with Gasteiger partial charge in [0.1, 0.15) is 11.9 Å². The molecule has 24 heavy (non-hydrogen) atoms. The van der Waals surface area contributed by atoms with Crippen LogP contribution in [0.15, 0.2) is 24.9 Å². The van der Waals surface area contributed by atoms with Gasteiger partial charge in [-0.25, -0.2) is 19.7 Å². The molecule has 3 rings (SSSR count). The average Bonchev–Trinajstić information content (AvgIpc) is 3.02. The van der Waals surface area contributed by atoms with Crippen molar-refractivity contribution in [1.29, 1.82) is 0 Å². The number of carbonyl (C=O) groups is 1. The summed E-state index contributed by atoms with van der Waals surface area (Å²) in [5.41, 5.74) is 1.60. The van der Waals surface area contributed by atoms with E-state index in [9.17, 15) is 4.79 Å². The van der Waals surface area contributed by atoms with E-state index in [4.69, 9.17) is 4.74 Å². The molecule has 2 aromatic rings. The van der Waals surface area contributed by atoms with Gasteiger partial charge in [0.25, 0.3) is 0 Å². The first-order valence-electron chi connectivity index (χ1n) is 8.12. The molecule has 128 valence electrons. The Bertz CT molecular complexity index is 684. The minimum atomic E-state index is -0.251. The molecule has 8 nitrogen and oxygen atoms in total. The number of nitrogens with one attached hydrogen (secondary N) is 2. The van der Waals surface area contributed by atoms with Crippen LogP contribution in [-0.2, 0) is 18.2 Å². The maximum atomic E-state index is 12.2. The molecule has 0 aromatic carbocycles. The largest absolute Gasteiger partial charge is 0.372 e. The van der Waals surface area contributed by atoms with Crippen LogP contribution in [0.2, 0.25) is 0 Å². The predicted octanol–water partition coefficient (Wildman–Crippen LogP) is 1.81. The number of urea groups is 1. The van der Waals surface area contributed by atoms with Crippen molar-refractivity contribution in [3.8, 4) is 0 Å². The van der Waals surface area contributed by atoms with E-state index in [0.717, 1.165) is 30.8 Å². The Labute approximate surface area is 140 Å². The van der Waals surface area contributed by atoms with Crippen LogP contribution in [0, 0.1) is 0 Å². The molecule has 0 saturated carbocycles. The smallest absolute Gasteiger partial charge is 0.319 e. The highest BCUT2D eigenvalue weighted by atomic mass is 16.5. The Morgan fingerprint density at radius 2 is 2.17 bits per heavy atom. The molecule has 1 aliphatic rings. The van der Waals surface area contributed by atoms with Gasteiger partial charge in [-0.1, -0.05) is 6.92 Å². The van der Waals surface area contributed by atoms with Crippen LogP contribution in [0.25, 0.3) is 0 Å². The van der Waals surface area contributed by atoms with Crippen LogP contribution in [0.4, 0.5) is 10.5 Å². The van der Waals surface area contributed by atoms with Crippen molar-refractivity contribution < 1.29 is 9.53 Å². The summed E-state index contributed by atoms with van der Waals surface area (Å²) in [6, 6.07) is -0.201. The summed E-state index contributed by atoms with van der Waals surface area (Å²) >= 11 is 0. The molecule has 3 heterocycles. The summed E-state index contributed by atoms with van der Waals surface area (Å²) in [6.45, 7) is 2.59. The van der Waals surface area contributed by atoms with E-state index < -0.39 is 0 Å². The van der Waals surface area contributed by atoms with Crippen LogP contribution in [0.3, 0.4) is 0 Å². The Morgan fingerprint density at radius 3 is 2.83 bits per heavy atom. The fourth-order valence-corrected chi connectivity index (χ4v) is 2.77. The normalized spacial score (nSPS) is 20.6. The van der Waals surface area contributed by atoms with Crippen LogP contribution in [0.1, 0.15) is 37.4 Å². The number of amides is 2. The number of imidazole rings is 1. The molecule has 8 heteroatoms. The van der Waals surface area contributed by atoms with Gasteiger partial charge in [-0.3, -0.25) is 0 Å². The first-order valence-corrected chi connectivity index (χ1v) is 8.12. The van der Waals surface area contributed by atoms with Crippen molar-refractivity contribution in [3.63, 3.8) is 0 Å². The number of ether oxygens (including phenoxy) is 1. The fraction of sp³-hybridized carbons (Fsp3) is 0.500. The van der Waals surface area contributed by atoms with Crippen molar-refractivity contribution in [2.45, 2.75) is 38.3 Å². The highest BCUT2D eigenvalue weighted by Gasteiger charge is 2.26. The maximum absolute atomic E-state index is 12.2. The van der Waals surface area contributed by atoms with Crippen molar-refractivity contribution in [1.82, 2.24) is 24.8 Å². The summed E-state index contributed by atoms with van der Waals surface area (Å²) < 4.78 is 7.75. The summed E-state index contributed by atoms with van der Waals surface area (Å²) in [5, 5.41) is 5.76. The number of anilines is 1. The number of nitrogens with zero attached hydrogens (tertiary/aromatic N) is 4. The molecule has 0 bridgehead atoms. The Hall–Kier alpha value is -2.48. The number of rotatable bonds is 4. The number of hydrogen-bond donors (Lipinski definition) is 2. The standard InChI is InChI=1S/C16H22N6O2/c1-3-15-18-7-12(8-19-15)21-16(23)20-11-4-5-24-14(6-11)13-9-17-10-22(13)2/h7-11,14H,3-6H2,1-2H3,(H2,20,21,23). The molecule has 2 atom stereocenters. The van der Waals surface area contributed by atoms with Crippen LogP contribution in [-0.4, -0.2) is 38.2 Å². The third-order valence-electron chi connectivity index (χ3n) is 4.08. The highest BCUT2D eigenvalue weighted by Crippen LogP contribution is 2.27. The second kappa shape index (κ2) is 7.39. The first kappa shape index (κ1) is 16.4. The lowest BCUT2D eigenvalue weighted by molar-refractivity contribution is -0.00151. The van der Waals surface area contributed by atoms with Crippen molar-refractivity contribution in [2.75, 3.05) is 11.9 Å². The van der Waals surface area contributed by atoms with Crippen molar-refractivity contribution in [2.24, 2.45) is 7.05 Å². The minimum absolute atomic E-state index is 0.0504. The second-order valence-corrected chi connectivity index (χ2v) is 5.85. The third kappa shape index (κ3) is 3.88. The number of hydrogen-bond acceptors (Lipinski definition) is 5. The number of aromatic nitrogens is 4. The first-order chi connectivity index (χ1) is 11.7. The second-order valence-electron chi connectivity index (χ2n) is 5.85. The minimum Gasteiger partial charge on any atom is -0.372 e. The van der Waals surface area contributed by atoms with Gasteiger partial charge in [0.15, 0.2) is 0 Å². The molecule has 2 aromatic heterocycles. The van der Waals surface area contributed by atoms with Gasteiger partial charge in [0.05, 0.1) is 36.3 Å². The lowest BCUT2D eigenvalue weighted by atomic mass is 10.0. The van der Waals surface area contributed by atoms with E-state index in [1.807, 2.05) is 18.5 Å². The van der Waals surface area contributed by atoms with E-state index in [0.29, 0.717) is 12.3 Å². The Kier molecular flexibility index (Phi) is 5.05. The zero-order valence-electron chi connectivity index (χ0n) is 13.9.